The van der Waals surface area contributed by atoms with Crippen LogP contribution in [0.3, 0.4) is 0 Å². The van der Waals surface area contributed by atoms with Crippen LogP contribution in [-0.4, -0.2) is 31.0 Å². The van der Waals surface area contributed by atoms with E-state index in [2.05, 4.69) is 13.0 Å². The van der Waals surface area contributed by atoms with Gasteiger partial charge in [0.25, 0.3) is 0 Å². The Morgan fingerprint density at radius 3 is 3.05 bits per heavy atom. The van der Waals surface area contributed by atoms with Gasteiger partial charge in [-0.1, -0.05) is 25.5 Å². The lowest BCUT2D eigenvalue weighted by Gasteiger charge is -2.19. The molecule has 0 saturated carbocycles. The van der Waals surface area contributed by atoms with Crippen LogP contribution in [0.1, 0.15) is 37.3 Å². The molecule has 0 saturated heterocycles. The lowest BCUT2D eigenvalue weighted by atomic mass is 10.0. The van der Waals surface area contributed by atoms with E-state index in [-0.39, 0.29) is 5.91 Å². The number of nitrogens with zero attached hydrogens (tertiary/aromatic N) is 1. The second-order valence-electron chi connectivity index (χ2n) is 5.24. The summed E-state index contributed by atoms with van der Waals surface area (Å²) >= 11 is 0. The van der Waals surface area contributed by atoms with Gasteiger partial charge in [-0.25, -0.2) is 0 Å². The summed E-state index contributed by atoms with van der Waals surface area (Å²) in [5, 5.41) is 0. The smallest absolute Gasteiger partial charge is 0.226 e. The number of hydrogen-bond donors (Lipinski definition) is 0. The highest BCUT2D eigenvalue weighted by Gasteiger charge is 2.13. The first-order valence-electron chi connectivity index (χ1n) is 7.19. The molecule has 0 bridgehead atoms. The Morgan fingerprint density at radius 1 is 1.42 bits per heavy atom. The number of unbranched alkanes of at least 4 members (excludes halogenated alkanes) is 1. The van der Waals surface area contributed by atoms with E-state index in [0.29, 0.717) is 6.42 Å². The summed E-state index contributed by atoms with van der Waals surface area (Å²) in [7, 11) is 1.89. The largest absolute Gasteiger partial charge is 0.493 e. The Morgan fingerprint density at radius 2 is 2.26 bits per heavy atom. The van der Waals surface area contributed by atoms with Gasteiger partial charge >= 0.3 is 0 Å². The molecule has 0 unspecified atom stereocenters. The summed E-state index contributed by atoms with van der Waals surface area (Å²) in [6.07, 6.45) is 4.81. The Bertz CT molecular complexity index is 442. The Hall–Kier alpha value is -1.51. The standard InChI is InChI=1S/C16H23NO2/c1-3-4-9-17(2)16(18)12-13-7-8-15-14(11-13)6-5-10-19-15/h7-8,11H,3-6,9-10,12H2,1-2H3. The molecule has 1 aromatic carbocycles. The average molecular weight is 261 g/mol. The lowest BCUT2D eigenvalue weighted by Crippen LogP contribution is -2.29. The fourth-order valence-electron chi connectivity index (χ4n) is 2.35. The van der Waals surface area contributed by atoms with Crippen molar-refractivity contribution in [1.29, 1.82) is 0 Å². The van der Waals surface area contributed by atoms with E-state index in [0.717, 1.165) is 50.1 Å². The maximum atomic E-state index is 12.1. The van der Waals surface area contributed by atoms with Crippen molar-refractivity contribution in [2.75, 3.05) is 20.2 Å². The van der Waals surface area contributed by atoms with Crippen LogP contribution in [0, 0.1) is 0 Å². The third kappa shape index (κ3) is 3.72. The van der Waals surface area contributed by atoms with Crippen molar-refractivity contribution in [3.8, 4) is 5.75 Å². The van der Waals surface area contributed by atoms with Crippen molar-refractivity contribution >= 4 is 5.91 Å². The summed E-state index contributed by atoms with van der Waals surface area (Å²) in [4.78, 5) is 13.9. The number of carbonyl (C=O) groups is 1. The van der Waals surface area contributed by atoms with Crippen LogP contribution in [0.15, 0.2) is 18.2 Å². The molecule has 0 fully saturated rings. The minimum atomic E-state index is 0.199. The van der Waals surface area contributed by atoms with Crippen LogP contribution in [0.5, 0.6) is 5.75 Å². The summed E-state index contributed by atoms with van der Waals surface area (Å²) < 4.78 is 5.59. The molecular weight excluding hydrogens is 238 g/mol. The number of rotatable bonds is 5. The van der Waals surface area contributed by atoms with Gasteiger partial charge in [0.1, 0.15) is 5.75 Å². The first-order chi connectivity index (χ1) is 9.20. The van der Waals surface area contributed by atoms with Crippen molar-refractivity contribution in [3.63, 3.8) is 0 Å². The van der Waals surface area contributed by atoms with Crippen molar-refractivity contribution in [1.82, 2.24) is 4.90 Å². The highest BCUT2D eigenvalue weighted by Crippen LogP contribution is 2.25. The highest BCUT2D eigenvalue weighted by molar-refractivity contribution is 5.78. The molecule has 2 rings (SSSR count). The molecule has 1 amide bonds. The monoisotopic (exact) mass is 261 g/mol. The third-order valence-corrected chi connectivity index (χ3v) is 3.60. The quantitative estimate of drug-likeness (QED) is 0.815. The molecule has 1 aliphatic heterocycles. The molecule has 104 valence electrons. The molecule has 1 heterocycles. The fraction of sp³-hybridized carbons (Fsp3) is 0.562. The fourth-order valence-corrected chi connectivity index (χ4v) is 2.35. The molecule has 3 nitrogen and oxygen atoms in total. The van der Waals surface area contributed by atoms with Crippen molar-refractivity contribution in [3.05, 3.63) is 29.3 Å². The minimum absolute atomic E-state index is 0.199. The van der Waals surface area contributed by atoms with Crippen LogP contribution in [0.4, 0.5) is 0 Å². The van der Waals surface area contributed by atoms with E-state index in [9.17, 15) is 4.79 Å². The van der Waals surface area contributed by atoms with Gasteiger partial charge in [-0.2, -0.15) is 0 Å². The molecule has 0 aliphatic carbocycles. The molecular formula is C16H23NO2. The zero-order valence-corrected chi connectivity index (χ0v) is 11.9. The normalized spacial score (nSPS) is 13.6. The number of ether oxygens (including phenoxy) is 1. The van der Waals surface area contributed by atoms with Gasteiger partial charge < -0.3 is 9.64 Å². The van der Waals surface area contributed by atoms with Gasteiger partial charge in [-0.15, -0.1) is 0 Å². The summed E-state index contributed by atoms with van der Waals surface area (Å²) in [5.41, 5.74) is 2.34. The van der Waals surface area contributed by atoms with E-state index >= 15 is 0 Å². The number of hydrogen-bond acceptors (Lipinski definition) is 2. The third-order valence-electron chi connectivity index (χ3n) is 3.60. The number of amides is 1. The molecule has 0 N–H and O–H groups in total. The van der Waals surface area contributed by atoms with Gasteiger partial charge in [0.2, 0.25) is 5.91 Å². The molecule has 0 spiro atoms. The number of fused-ring (bicyclic) bond motifs is 1. The van der Waals surface area contributed by atoms with Crippen molar-refractivity contribution in [2.24, 2.45) is 0 Å². The van der Waals surface area contributed by atoms with Gasteiger partial charge in [0, 0.05) is 13.6 Å². The number of likely N-dealkylation sites (N-methyl/N-ethyl adjacent to an activating group) is 1. The van der Waals surface area contributed by atoms with Gasteiger partial charge in [-0.05, 0) is 36.5 Å². The van der Waals surface area contributed by atoms with E-state index in [1.54, 1.807) is 0 Å². The summed E-state index contributed by atoms with van der Waals surface area (Å²) in [6, 6.07) is 6.14. The Kier molecular flexibility index (Phi) is 4.83. The SMILES string of the molecule is CCCCN(C)C(=O)Cc1ccc2c(c1)CCCO2. The molecule has 0 radical (unpaired) electrons. The van der Waals surface area contributed by atoms with E-state index in [1.165, 1.54) is 5.56 Å². The molecule has 1 aromatic rings. The zero-order chi connectivity index (χ0) is 13.7. The number of benzene rings is 1. The van der Waals surface area contributed by atoms with Crippen LogP contribution in [0.2, 0.25) is 0 Å². The average Bonchev–Trinajstić information content (AvgIpc) is 2.44. The highest BCUT2D eigenvalue weighted by atomic mass is 16.5. The molecule has 19 heavy (non-hydrogen) atoms. The van der Waals surface area contributed by atoms with Gasteiger partial charge in [0.15, 0.2) is 0 Å². The Balaban J connectivity index is 1.97. The molecule has 0 aromatic heterocycles. The lowest BCUT2D eigenvalue weighted by molar-refractivity contribution is -0.129. The second-order valence-corrected chi connectivity index (χ2v) is 5.24. The maximum Gasteiger partial charge on any atom is 0.226 e. The predicted octanol–water partition coefficient (Wildman–Crippen LogP) is 2.81. The zero-order valence-electron chi connectivity index (χ0n) is 11.9. The second kappa shape index (κ2) is 6.60. The van der Waals surface area contributed by atoms with Crippen LogP contribution >= 0.6 is 0 Å². The topological polar surface area (TPSA) is 29.5 Å². The van der Waals surface area contributed by atoms with Crippen LogP contribution in [-0.2, 0) is 17.6 Å². The van der Waals surface area contributed by atoms with E-state index in [4.69, 9.17) is 4.74 Å². The first-order valence-corrected chi connectivity index (χ1v) is 7.19. The predicted molar refractivity (Wildman–Crippen MR) is 76.5 cm³/mol. The van der Waals surface area contributed by atoms with Gasteiger partial charge in [-0.3, -0.25) is 4.79 Å². The number of aryl methyl sites for hydroxylation is 1. The number of carbonyl (C=O) groups excluding carboxylic acids is 1. The van der Waals surface area contributed by atoms with Crippen molar-refractivity contribution < 1.29 is 9.53 Å². The van der Waals surface area contributed by atoms with Crippen LogP contribution in [0.25, 0.3) is 0 Å². The van der Waals surface area contributed by atoms with Gasteiger partial charge in [0.05, 0.1) is 13.0 Å². The van der Waals surface area contributed by atoms with E-state index < -0.39 is 0 Å². The molecule has 3 heteroatoms. The molecule has 1 aliphatic rings. The summed E-state index contributed by atoms with van der Waals surface area (Å²) in [6.45, 7) is 3.80. The van der Waals surface area contributed by atoms with E-state index in [1.807, 2.05) is 24.1 Å². The maximum absolute atomic E-state index is 12.1. The minimum Gasteiger partial charge on any atom is -0.493 e. The Labute approximate surface area is 115 Å². The molecule has 0 atom stereocenters. The summed E-state index contributed by atoms with van der Waals surface area (Å²) in [5.74, 6) is 1.19. The van der Waals surface area contributed by atoms with Crippen LogP contribution < -0.4 is 4.74 Å². The van der Waals surface area contributed by atoms with Crippen molar-refractivity contribution in [2.45, 2.75) is 39.0 Å². The first kappa shape index (κ1) is 13.9.